The average Bonchev–Trinajstić information content (AvgIpc) is 3.71. The summed E-state index contributed by atoms with van der Waals surface area (Å²) in [4.78, 5) is 4.79. The van der Waals surface area contributed by atoms with Crippen LogP contribution in [0.1, 0.15) is 0 Å². The minimum absolute atomic E-state index is 1.07. The molecule has 65 heavy (non-hydrogen) atoms. The Morgan fingerprint density at radius 1 is 0.246 bits per heavy atom. The maximum Gasteiger partial charge on any atom is 0.0542 e. The molecule has 0 spiro atoms. The fourth-order valence-corrected chi connectivity index (χ4v) is 9.63. The van der Waals surface area contributed by atoms with Gasteiger partial charge in [0.25, 0.3) is 0 Å². The first-order chi connectivity index (χ1) is 32.2. The van der Waals surface area contributed by atoms with Crippen molar-refractivity contribution in [3.63, 3.8) is 0 Å². The van der Waals surface area contributed by atoms with Crippen LogP contribution in [0.3, 0.4) is 0 Å². The summed E-state index contributed by atoms with van der Waals surface area (Å²) in [6.45, 7) is 0. The molecule has 0 aliphatic heterocycles. The second kappa shape index (κ2) is 16.2. The van der Waals surface area contributed by atoms with Gasteiger partial charge in [0.1, 0.15) is 0 Å². The van der Waals surface area contributed by atoms with E-state index in [1.54, 1.807) is 0 Å². The molecule has 3 heteroatoms. The minimum Gasteiger partial charge on any atom is -0.310 e. The van der Waals surface area contributed by atoms with Gasteiger partial charge in [-0.3, -0.25) is 0 Å². The third kappa shape index (κ3) is 6.97. The van der Waals surface area contributed by atoms with Gasteiger partial charge in [0, 0.05) is 50.3 Å². The smallest absolute Gasteiger partial charge is 0.0542 e. The van der Waals surface area contributed by atoms with E-state index >= 15 is 0 Å². The average molecular weight is 830 g/mol. The van der Waals surface area contributed by atoms with Crippen LogP contribution >= 0.6 is 0 Å². The van der Waals surface area contributed by atoms with Gasteiger partial charge in [-0.15, -0.1) is 0 Å². The largest absolute Gasteiger partial charge is 0.310 e. The maximum atomic E-state index is 2.42. The molecule has 0 fully saturated rings. The highest BCUT2D eigenvalue weighted by molar-refractivity contribution is 6.11. The van der Waals surface area contributed by atoms with Crippen LogP contribution < -0.4 is 9.80 Å². The van der Waals surface area contributed by atoms with Gasteiger partial charge in [-0.25, -0.2) is 0 Å². The van der Waals surface area contributed by atoms with Gasteiger partial charge < -0.3 is 14.4 Å². The molecule has 12 aromatic rings. The molecule has 1 aromatic heterocycles. The first-order valence-electron chi connectivity index (χ1n) is 22.3. The Balaban J connectivity index is 1.01. The standard InChI is InChI=1S/C62H43N3/c1-3-16-44(17-4-1)49-24-13-26-53(40-49)63(55-33-32-46-20-7-8-22-48(46)42-55)51-34-36-52(37-35-51)64(60-31-15-23-47-21-9-10-28-57(47)60)56-38-39-62-59(43-56)58-29-11-12-30-61(58)65(62)54-27-14-25-50(41-54)45-18-5-2-6-19-45/h1-43H. The van der Waals surface area contributed by atoms with E-state index in [0.717, 1.165) is 45.3 Å². The fraction of sp³-hybridized carbons (Fsp3) is 0. The van der Waals surface area contributed by atoms with Crippen LogP contribution in [0, 0.1) is 0 Å². The molecule has 0 radical (unpaired) electrons. The van der Waals surface area contributed by atoms with Crippen molar-refractivity contribution in [3.05, 3.63) is 261 Å². The molecule has 11 aromatic carbocycles. The SMILES string of the molecule is c1ccc(-c2cccc(N(c3ccc(N(c4ccc5c(c4)c4ccccc4n5-c4cccc(-c5ccccc5)c4)c4cccc5ccccc45)cc3)c3ccc4ccccc4c3)c2)cc1. The van der Waals surface area contributed by atoms with Crippen molar-refractivity contribution in [1.82, 2.24) is 4.57 Å². The van der Waals surface area contributed by atoms with Crippen LogP contribution in [-0.4, -0.2) is 4.57 Å². The summed E-state index contributed by atoms with van der Waals surface area (Å²) in [5, 5.41) is 7.22. The Kier molecular flexibility index (Phi) is 9.50. The second-order valence-electron chi connectivity index (χ2n) is 16.6. The van der Waals surface area contributed by atoms with Crippen LogP contribution in [0.4, 0.5) is 34.1 Å². The number of rotatable bonds is 9. The number of hydrogen-bond acceptors (Lipinski definition) is 2. The van der Waals surface area contributed by atoms with E-state index in [1.165, 1.54) is 60.1 Å². The van der Waals surface area contributed by atoms with Crippen molar-refractivity contribution in [2.24, 2.45) is 0 Å². The quantitative estimate of drug-likeness (QED) is 0.144. The number of aromatic nitrogens is 1. The van der Waals surface area contributed by atoms with Crippen molar-refractivity contribution in [1.29, 1.82) is 0 Å². The van der Waals surface area contributed by atoms with Crippen molar-refractivity contribution in [2.45, 2.75) is 0 Å². The third-order valence-corrected chi connectivity index (χ3v) is 12.7. The summed E-state index contributed by atoms with van der Waals surface area (Å²) in [6.07, 6.45) is 0. The molecule has 0 saturated heterocycles. The summed E-state index contributed by atoms with van der Waals surface area (Å²) in [7, 11) is 0. The molecular formula is C62H43N3. The second-order valence-corrected chi connectivity index (χ2v) is 16.6. The Morgan fingerprint density at radius 3 is 1.52 bits per heavy atom. The first-order valence-corrected chi connectivity index (χ1v) is 22.3. The first kappa shape index (κ1) is 38.0. The zero-order valence-electron chi connectivity index (χ0n) is 35.7. The summed E-state index contributed by atoms with van der Waals surface area (Å²) in [5.41, 5.74) is 14.8. The molecule has 3 nitrogen and oxygen atoms in total. The lowest BCUT2D eigenvalue weighted by atomic mass is 10.0. The zero-order valence-corrected chi connectivity index (χ0v) is 35.7. The molecule has 12 rings (SSSR count). The molecule has 306 valence electrons. The predicted octanol–water partition coefficient (Wildman–Crippen LogP) is 17.4. The van der Waals surface area contributed by atoms with E-state index < -0.39 is 0 Å². The Morgan fingerprint density at radius 2 is 0.754 bits per heavy atom. The Bertz CT molecular complexity index is 3660. The van der Waals surface area contributed by atoms with E-state index in [-0.39, 0.29) is 0 Å². The van der Waals surface area contributed by atoms with Gasteiger partial charge in [-0.2, -0.15) is 0 Å². The number of nitrogens with zero attached hydrogens (tertiary/aromatic N) is 3. The Labute approximate surface area is 378 Å². The van der Waals surface area contributed by atoms with Crippen LogP contribution in [-0.2, 0) is 0 Å². The van der Waals surface area contributed by atoms with Crippen LogP contribution in [0.2, 0.25) is 0 Å². The lowest BCUT2D eigenvalue weighted by Gasteiger charge is -2.29. The highest BCUT2D eigenvalue weighted by Crippen LogP contribution is 2.44. The normalized spacial score (nSPS) is 11.4. The molecule has 0 N–H and O–H groups in total. The molecular weight excluding hydrogens is 787 g/mol. The summed E-state index contributed by atoms with van der Waals surface area (Å²) >= 11 is 0. The van der Waals surface area contributed by atoms with Gasteiger partial charge in [-0.05, 0) is 129 Å². The predicted molar refractivity (Wildman–Crippen MR) is 276 cm³/mol. The van der Waals surface area contributed by atoms with E-state index in [1.807, 2.05) is 0 Å². The number of para-hydroxylation sites is 1. The van der Waals surface area contributed by atoms with Gasteiger partial charge >= 0.3 is 0 Å². The summed E-state index contributed by atoms with van der Waals surface area (Å²) in [5.74, 6) is 0. The third-order valence-electron chi connectivity index (χ3n) is 12.7. The van der Waals surface area contributed by atoms with Crippen molar-refractivity contribution >= 4 is 77.5 Å². The van der Waals surface area contributed by atoms with E-state index in [0.29, 0.717) is 0 Å². The highest BCUT2D eigenvalue weighted by Gasteiger charge is 2.21. The summed E-state index contributed by atoms with van der Waals surface area (Å²) in [6, 6.07) is 94.5. The zero-order chi connectivity index (χ0) is 43.1. The fourth-order valence-electron chi connectivity index (χ4n) is 9.63. The van der Waals surface area contributed by atoms with Gasteiger partial charge in [0.2, 0.25) is 0 Å². The minimum atomic E-state index is 1.07. The molecule has 0 bridgehead atoms. The lowest BCUT2D eigenvalue weighted by molar-refractivity contribution is 1.18. The molecule has 0 atom stereocenters. The van der Waals surface area contributed by atoms with E-state index in [9.17, 15) is 0 Å². The maximum absolute atomic E-state index is 2.42. The number of hydrogen-bond donors (Lipinski definition) is 0. The monoisotopic (exact) mass is 829 g/mol. The molecule has 0 saturated carbocycles. The molecule has 0 unspecified atom stereocenters. The van der Waals surface area contributed by atoms with Gasteiger partial charge in [0.05, 0.1) is 16.7 Å². The summed E-state index contributed by atoms with van der Waals surface area (Å²) < 4.78 is 2.41. The topological polar surface area (TPSA) is 11.4 Å². The molecule has 0 aliphatic carbocycles. The van der Waals surface area contributed by atoms with Crippen LogP contribution in [0.5, 0.6) is 0 Å². The van der Waals surface area contributed by atoms with Gasteiger partial charge in [-0.1, -0.05) is 170 Å². The van der Waals surface area contributed by atoms with Crippen molar-refractivity contribution in [3.8, 4) is 27.9 Å². The Hall–Kier alpha value is -8.66. The molecule has 0 aliphatic rings. The van der Waals surface area contributed by atoms with Crippen LogP contribution in [0.25, 0.3) is 71.3 Å². The van der Waals surface area contributed by atoms with E-state index in [4.69, 9.17) is 0 Å². The van der Waals surface area contributed by atoms with E-state index in [2.05, 4.69) is 275 Å². The van der Waals surface area contributed by atoms with Crippen LogP contribution in [0.15, 0.2) is 261 Å². The number of anilines is 6. The van der Waals surface area contributed by atoms with Crippen molar-refractivity contribution in [2.75, 3.05) is 9.80 Å². The number of benzene rings is 11. The van der Waals surface area contributed by atoms with Crippen molar-refractivity contribution < 1.29 is 0 Å². The molecule has 0 amide bonds. The van der Waals surface area contributed by atoms with Gasteiger partial charge in [0.15, 0.2) is 0 Å². The highest BCUT2D eigenvalue weighted by atomic mass is 15.2. The molecule has 1 heterocycles. The lowest BCUT2D eigenvalue weighted by Crippen LogP contribution is -2.12. The number of fused-ring (bicyclic) bond motifs is 5.